The van der Waals surface area contributed by atoms with E-state index in [-0.39, 0.29) is 5.92 Å². The van der Waals surface area contributed by atoms with Gasteiger partial charge < -0.3 is 4.90 Å². The molecule has 0 aliphatic carbocycles. The molecule has 1 aromatic rings. The Morgan fingerprint density at radius 2 is 2.13 bits per heavy atom. The van der Waals surface area contributed by atoms with Gasteiger partial charge in [0.05, 0.1) is 12.0 Å². The molecular weight excluding hydrogens is 204 g/mol. The minimum absolute atomic E-state index is 0.112. The first-order valence-electron chi connectivity index (χ1n) is 5.31. The van der Waals surface area contributed by atoms with Crippen LogP contribution in [-0.4, -0.2) is 18.5 Å². The summed E-state index contributed by atoms with van der Waals surface area (Å²) in [5.41, 5.74) is 0. The third kappa shape index (κ3) is 4.03. The highest BCUT2D eigenvalue weighted by molar-refractivity contribution is 7.11. The Labute approximate surface area is 96.1 Å². The van der Waals surface area contributed by atoms with E-state index in [1.807, 2.05) is 18.3 Å². The van der Waals surface area contributed by atoms with Gasteiger partial charge in [-0.15, -0.1) is 11.3 Å². The van der Waals surface area contributed by atoms with Crippen LogP contribution >= 0.6 is 11.3 Å². The van der Waals surface area contributed by atoms with Crippen molar-refractivity contribution in [2.75, 3.05) is 13.6 Å². The summed E-state index contributed by atoms with van der Waals surface area (Å²) in [5.74, 6) is 0.112. The number of aryl methyl sites for hydroxylation is 1. The average Bonchev–Trinajstić information content (AvgIpc) is 2.65. The molecule has 0 N–H and O–H groups in total. The van der Waals surface area contributed by atoms with Gasteiger partial charge in [-0.1, -0.05) is 6.92 Å². The number of nitrogens with zero attached hydrogens (tertiary/aromatic N) is 2. The summed E-state index contributed by atoms with van der Waals surface area (Å²) in [6.45, 7) is 5.94. The lowest BCUT2D eigenvalue weighted by Crippen LogP contribution is -2.22. The maximum absolute atomic E-state index is 8.72. The van der Waals surface area contributed by atoms with Gasteiger partial charge in [-0.3, -0.25) is 0 Å². The summed E-state index contributed by atoms with van der Waals surface area (Å²) in [6.07, 6.45) is 1.11. The fourth-order valence-corrected chi connectivity index (χ4v) is 2.57. The molecule has 1 atom stereocenters. The van der Waals surface area contributed by atoms with Gasteiger partial charge in [0.15, 0.2) is 0 Å². The summed E-state index contributed by atoms with van der Waals surface area (Å²) in [7, 11) is 2.07. The van der Waals surface area contributed by atoms with Crippen molar-refractivity contribution in [2.24, 2.45) is 5.92 Å². The summed E-state index contributed by atoms with van der Waals surface area (Å²) in [4.78, 5) is 5.03. The Hall–Kier alpha value is -0.850. The van der Waals surface area contributed by atoms with Crippen molar-refractivity contribution in [3.05, 3.63) is 21.9 Å². The van der Waals surface area contributed by atoms with Crippen molar-refractivity contribution in [3.63, 3.8) is 0 Å². The largest absolute Gasteiger partial charge is 0.300 e. The zero-order chi connectivity index (χ0) is 11.3. The van der Waals surface area contributed by atoms with Gasteiger partial charge >= 0.3 is 0 Å². The predicted octanol–water partition coefficient (Wildman–Crippen LogP) is 2.90. The molecule has 0 radical (unpaired) electrons. The second-order valence-corrected chi connectivity index (χ2v) is 5.20. The molecule has 0 spiro atoms. The molecule has 15 heavy (non-hydrogen) atoms. The highest BCUT2D eigenvalue weighted by Gasteiger charge is 2.07. The van der Waals surface area contributed by atoms with Crippen molar-refractivity contribution < 1.29 is 0 Å². The molecule has 3 heteroatoms. The van der Waals surface area contributed by atoms with E-state index < -0.39 is 0 Å². The van der Waals surface area contributed by atoms with Gasteiger partial charge in [-0.25, -0.2) is 0 Å². The Morgan fingerprint density at radius 1 is 1.47 bits per heavy atom. The molecule has 2 nitrogen and oxygen atoms in total. The van der Waals surface area contributed by atoms with Crippen LogP contribution in [-0.2, 0) is 13.0 Å². The second kappa shape index (κ2) is 5.89. The number of rotatable bonds is 5. The molecule has 0 saturated carbocycles. The van der Waals surface area contributed by atoms with E-state index in [1.54, 1.807) is 0 Å². The molecule has 0 bridgehead atoms. The van der Waals surface area contributed by atoms with Gasteiger partial charge in [0, 0.05) is 22.8 Å². The van der Waals surface area contributed by atoms with E-state index in [0.29, 0.717) is 0 Å². The Bertz CT molecular complexity index is 338. The normalized spacial score (nSPS) is 12.7. The van der Waals surface area contributed by atoms with E-state index in [9.17, 15) is 0 Å². The van der Waals surface area contributed by atoms with E-state index in [4.69, 9.17) is 5.26 Å². The summed E-state index contributed by atoms with van der Waals surface area (Å²) in [6, 6.07) is 6.65. The first-order chi connectivity index (χ1) is 7.15. The molecule has 0 saturated heterocycles. The fraction of sp³-hybridized carbons (Fsp3) is 0.583. The van der Waals surface area contributed by atoms with Crippen LogP contribution in [0.25, 0.3) is 0 Å². The molecular formula is C12H18N2S. The highest BCUT2D eigenvalue weighted by Crippen LogP contribution is 2.18. The van der Waals surface area contributed by atoms with Crippen molar-refractivity contribution in [1.29, 1.82) is 5.26 Å². The van der Waals surface area contributed by atoms with Crippen LogP contribution in [0.4, 0.5) is 0 Å². The van der Waals surface area contributed by atoms with Crippen molar-refractivity contribution in [2.45, 2.75) is 26.8 Å². The monoisotopic (exact) mass is 222 g/mol. The van der Waals surface area contributed by atoms with Crippen molar-refractivity contribution in [1.82, 2.24) is 4.90 Å². The van der Waals surface area contributed by atoms with Crippen LogP contribution in [0.3, 0.4) is 0 Å². The summed E-state index contributed by atoms with van der Waals surface area (Å²) < 4.78 is 0. The molecule has 1 aromatic heterocycles. The number of hydrogen-bond acceptors (Lipinski definition) is 3. The van der Waals surface area contributed by atoms with Crippen LogP contribution < -0.4 is 0 Å². The van der Waals surface area contributed by atoms with Gasteiger partial charge in [0.2, 0.25) is 0 Å². The third-order valence-electron chi connectivity index (χ3n) is 2.30. The Kier molecular flexibility index (Phi) is 4.80. The lowest BCUT2D eigenvalue weighted by Gasteiger charge is -2.16. The number of nitriles is 1. The number of hydrogen-bond donors (Lipinski definition) is 0. The van der Waals surface area contributed by atoms with Gasteiger partial charge in [0.1, 0.15) is 0 Å². The van der Waals surface area contributed by atoms with E-state index >= 15 is 0 Å². The SMILES string of the molecule is CCc1ccc(CN(C)CC(C)C#N)s1. The van der Waals surface area contributed by atoms with Crippen molar-refractivity contribution in [3.8, 4) is 6.07 Å². The number of thiophene rings is 1. The average molecular weight is 222 g/mol. The van der Waals surface area contributed by atoms with Crippen LogP contribution in [0, 0.1) is 17.2 Å². The van der Waals surface area contributed by atoms with Gasteiger partial charge in [-0.2, -0.15) is 5.26 Å². The lowest BCUT2D eigenvalue weighted by molar-refractivity contribution is 0.305. The van der Waals surface area contributed by atoms with Gasteiger partial charge in [-0.05, 0) is 32.5 Å². The zero-order valence-electron chi connectivity index (χ0n) is 9.66. The van der Waals surface area contributed by atoms with Crippen LogP contribution in [0.1, 0.15) is 23.6 Å². The van der Waals surface area contributed by atoms with E-state index in [0.717, 1.165) is 19.5 Å². The minimum Gasteiger partial charge on any atom is -0.300 e. The molecule has 1 heterocycles. The molecule has 1 unspecified atom stereocenters. The Morgan fingerprint density at radius 3 is 2.67 bits per heavy atom. The predicted molar refractivity (Wildman–Crippen MR) is 64.8 cm³/mol. The standard InChI is InChI=1S/C12H18N2S/c1-4-11-5-6-12(15-11)9-14(3)8-10(2)7-13/h5-6,10H,4,8-9H2,1-3H3. The Balaban J connectivity index is 2.44. The quantitative estimate of drug-likeness (QED) is 0.766. The van der Waals surface area contributed by atoms with E-state index in [2.05, 4.69) is 37.1 Å². The smallest absolute Gasteiger partial charge is 0.0666 e. The summed E-state index contributed by atoms with van der Waals surface area (Å²) >= 11 is 1.87. The van der Waals surface area contributed by atoms with Crippen LogP contribution in [0.5, 0.6) is 0 Å². The topological polar surface area (TPSA) is 27.0 Å². The molecule has 1 rings (SSSR count). The van der Waals surface area contributed by atoms with Crippen LogP contribution in [0.15, 0.2) is 12.1 Å². The summed E-state index contributed by atoms with van der Waals surface area (Å²) in [5, 5.41) is 8.72. The zero-order valence-corrected chi connectivity index (χ0v) is 10.5. The van der Waals surface area contributed by atoms with Crippen LogP contribution in [0.2, 0.25) is 0 Å². The molecule has 0 aromatic carbocycles. The van der Waals surface area contributed by atoms with Gasteiger partial charge in [0.25, 0.3) is 0 Å². The van der Waals surface area contributed by atoms with Crippen molar-refractivity contribution >= 4 is 11.3 Å². The molecule has 0 fully saturated rings. The first kappa shape index (κ1) is 12.2. The second-order valence-electron chi connectivity index (χ2n) is 3.95. The highest BCUT2D eigenvalue weighted by atomic mass is 32.1. The van der Waals surface area contributed by atoms with E-state index in [1.165, 1.54) is 9.75 Å². The lowest BCUT2D eigenvalue weighted by atomic mass is 10.2. The maximum Gasteiger partial charge on any atom is 0.0666 e. The third-order valence-corrected chi connectivity index (χ3v) is 3.51. The molecule has 0 amide bonds. The molecule has 0 aliphatic heterocycles. The molecule has 82 valence electrons. The minimum atomic E-state index is 0.112. The fourth-order valence-electron chi connectivity index (χ4n) is 1.54. The maximum atomic E-state index is 8.72. The first-order valence-corrected chi connectivity index (χ1v) is 6.13. The molecule has 0 aliphatic rings.